The molecule has 0 aliphatic carbocycles. The van der Waals surface area contributed by atoms with Gasteiger partial charge in [0, 0.05) is 22.8 Å². The van der Waals surface area contributed by atoms with E-state index >= 15 is 0 Å². The minimum atomic E-state index is -1.47. The van der Waals surface area contributed by atoms with E-state index in [1.807, 2.05) is 5.19 Å². The van der Waals surface area contributed by atoms with Crippen LogP contribution in [0.5, 0.6) is 0 Å². The van der Waals surface area contributed by atoms with E-state index in [1.54, 1.807) is 11.1 Å². The van der Waals surface area contributed by atoms with Crippen LogP contribution in [0.2, 0.25) is 58.9 Å². The maximum absolute atomic E-state index is 2.69. The maximum atomic E-state index is 2.69. The zero-order valence-corrected chi connectivity index (χ0v) is 21.2. The van der Waals surface area contributed by atoms with Crippen LogP contribution < -0.4 is 5.19 Å². The van der Waals surface area contributed by atoms with Gasteiger partial charge in [-0.2, -0.15) is 0 Å². The second kappa shape index (κ2) is 5.87. The summed E-state index contributed by atoms with van der Waals surface area (Å²) in [5.74, 6) is 0. The molecule has 22 heavy (non-hydrogen) atoms. The molecule has 4 heteroatoms. The molecule has 0 unspecified atom stereocenters. The van der Waals surface area contributed by atoms with Crippen molar-refractivity contribution in [2.45, 2.75) is 79.7 Å². The lowest BCUT2D eigenvalue weighted by Gasteiger charge is -2.58. The molecule has 0 N–H and O–H groups in total. The Morgan fingerprint density at radius 2 is 0.818 bits per heavy atom. The Morgan fingerprint density at radius 1 is 0.545 bits per heavy atom. The molecule has 0 fully saturated rings. The Hall–Kier alpha value is 0.0875. The van der Waals surface area contributed by atoms with E-state index in [9.17, 15) is 0 Å². The van der Waals surface area contributed by atoms with Gasteiger partial charge in [-0.15, -0.1) is 0 Å². The van der Waals surface area contributed by atoms with Crippen LogP contribution in [0.1, 0.15) is 16.7 Å². The van der Waals surface area contributed by atoms with Crippen molar-refractivity contribution in [1.29, 1.82) is 0 Å². The highest BCUT2D eigenvalue weighted by atomic mass is 29.9. The summed E-state index contributed by atoms with van der Waals surface area (Å²) in [6.45, 7) is 29.8. The third-order valence-corrected chi connectivity index (χ3v) is 76.7. The van der Waals surface area contributed by atoms with Crippen LogP contribution in [0, 0.1) is 20.8 Å². The van der Waals surface area contributed by atoms with Crippen LogP contribution in [0.15, 0.2) is 12.1 Å². The third kappa shape index (κ3) is 3.04. The van der Waals surface area contributed by atoms with Crippen LogP contribution in [-0.4, -0.2) is 29.4 Å². The molecule has 0 nitrogen and oxygen atoms in total. The van der Waals surface area contributed by atoms with E-state index in [0.717, 1.165) is 0 Å². The number of hydrogen-bond acceptors (Lipinski definition) is 0. The Labute approximate surface area is 143 Å². The number of rotatable bonds is 4. The molecule has 0 aromatic heterocycles. The van der Waals surface area contributed by atoms with Gasteiger partial charge in [0.1, 0.15) is 0 Å². The summed E-state index contributed by atoms with van der Waals surface area (Å²) in [6.07, 6.45) is 0. The van der Waals surface area contributed by atoms with Crippen molar-refractivity contribution < 1.29 is 0 Å². The highest BCUT2D eigenvalue weighted by Crippen LogP contribution is 2.38. The average molecular weight is 367 g/mol. The maximum Gasteiger partial charge on any atom is 0.0692 e. The van der Waals surface area contributed by atoms with Crippen molar-refractivity contribution in [3.05, 3.63) is 28.8 Å². The van der Waals surface area contributed by atoms with Crippen LogP contribution in [-0.2, 0) is 0 Å². The van der Waals surface area contributed by atoms with Crippen LogP contribution in [0.3, 0.4) is 0 Å². The smallest absolute Gasteiger partial charge is 0.0692 e. The van der Waals surface area contributed by atoms with E-state index < -0.39 is 29.4 Å². The first-order valence-electron chi connectivity index (χ1n) is 8.65. The summed E-state index contributed by atoms with van der Waals surface area (Å²) in [5.41, 5.74) is 4.65. The third-order valence-electron chi connectivity index (χ3n) is 5.43. The largest absolute Gasteiger partial charge is 0.0716 e. The fourth-order valence-electron chi connectivity index (χ4n) is 6.27. The second-order valence-electron chi connectivity index (χ2n) is 10.3. The molecule has 0 aliphatic heterocycles. The van der Waals surface area contributed by atoms with Gasteiger partial charge >= 0.3 is 0 Å². The lowest BCUT2D eigenvalue weighted by atomic mass is 10.1. The van der Waals surface area contributed by atoms with Crippen molar-refractivity contribution in [2.24, 2.45) is 0 Å². The van der Waals surface area contributed by atoms with Crippen LogP contribution in [0.25, 0.3) is 0 Å². The molecule has 0 radical (unpaired) electrons. The fraction of sp³-hybridized carbons (Fsp3) is 0.667. The highest BCUT2D eigenvalue weighted by Gasteiger charge is 2.63. The first kappa shape index (κ1) is 20.1. The average Bonchev–Trinajstić information content (AvgIpc) is 2.16. The number of aryl methyl sites for hydroxylation is 3. The summed E-state index contributed by atoms with van der Waals surface area (Å²) in [5, 5.41) is 1.88. The van der Waals surface area contributed by atoms with E-state index in [1.165, 1.54) is 5.56 Å². The zero-order chi connectivity index (χ0) is 17.7. The van der Waals surface area contributed by atoms with Gasteiger partial charge < -0.3 is 0 Å². The van der Waals surface area contributed by atoms with Crippen LogP contribution in [0.4, 0.5) is 0 Å². The monoisotopic (exact) mass is 366 g/mol. The van der Waals surface area contributed by atoms with Gasteiger partial charge in [-0.05, 0) is 20.8 Å². The molecule has 0 atom stereocenters. The predicted molar refractivity (Wildman–Crippen MR) is 116 cm³/mol. The quantitative estimate of drug-likeness (QED) is 0.616. The molecule has 0 spiro atoms. The molecule has 0 amide bonds. The normalized spacial score (nSPS) is 14.4. The van der Waals surface area contributed by atoms with E-state index in [2.05, 4.69) is 91.8 Å². The van der Waals surface area contributed by atoms with E-state index in [-0.39, 0.29) is 0 Å². The summed E-state index contributed by atoms with van der Waals surface area (Å²) >= 11 is 0. The highest BCUT2D eigenvalue weighted by molar-refractivity contribution is 7.92. The molecule has 0 bridgehead atoms. The molecule has 0 saturated carbocycles. The van der Waals surface area contributed by atoms with Gasteiger partial charge in [0.15, 0.2) is 0 Å². The predicted octanol–water partition coefficient (Wildman–Crippen LogP) is 5.52. The van der Waals surface area contributed by atoms with Crippen molar-refractivity contribution in [2.75, 3.05) is 0 Å². The fourth-order valence-corrected chi connectivity index (χ4v) is 108. The summed E-state index contributed by atoms with van der Waals surface area (Å²) in [4.78, 5) is 0. The standard InChI is InChI=1S/C18H38Si4/c1-15-13-16(2)18(17(3)14-15)22(19(4,5)6,20(7,8)9)21(10,11)12/h13-14H,1-12H3. The Bertz CT molecular complexity index is 495. The summed E-state index contributed by atoms with van der Waals surface area (Å²) in [7, 11) is -3.80. The lowest BCUT2D eigenvalue weighted by molar-refractivity contribution is 1.35. The molecule has 0 heterocycles. The first-order valence-corrected chi connectivity index (χ1v) is 24.2. The van der Waals surface area contributed by atoms with Crippen molar-refractivity contribution in [1.82, 2.24) is 0 Å². The Kier molecular flexibility index (Phi) is 5.37. The Morgan fingerprint density at radius 3 is 1.05 bits per heavy atom. The second-order valence-corrected chi connectivity index (χ2v) is 50.5. The van der Waals surface area contributed by atoms with Crippen LogP contribution >= 0.6 is 0 Å². The molecular weight excluding hydrogens is 329 g/mol. The SMILES string of the molecule is Cc1cc(C)c([Si]([Si](C)(C)C)([Si](C)(C)C)[Si](C)(C)C)c(C)c1. The number of hydrogen-bond donors (Lipinski definition) is 0. The van der Waals surface area contributed by atoms with Gasteiger partial charge in [-0.1, -0.05) is 92.9 Å². The minimum absolute atomic E-state index is 1.27. The van der Waals surface area contributed by atoms with E-state index in [0.29, 0.717) is 0 Å². The first-order chi connectivity index (χ1) is 9.57. The van der Waals surface area contributed by atoms with Crippen molar-refractivity contribution >= 4 is 34.6 Å². The van der Waals surface area contributed by atoms with Gasteiger partial charge in [-0.3, -0.25) is 0 Å². The Balaban J connectivity index is 4.05. The van der Waals surface area contributed by atoms with Gasteiger partial charge in [-0.25, -0.2) is 0 Å². The molecule has 126 valence electrons. The molecule has 1 aromatic carbocycles. The lowest BCUT2D eigenvalue weighted by Crippen LogP contribution is -2.89. The number of benzene rings is 1. The molecular formula is C18H38Si4. The summed E-state index contributed by atoms with van der Waals surface area (Å²) in [6, 6.07) is 4.93. The topological polar surface area (TPSA) is 0 Å². The molecule has 1 aromatic rings. The molecule has 1 rings (SSSR count). The van der Waals surface area contributed by atoms with Crippen molar-refractivity contribution in [3.8, 4) is 0 Å². The van der Waals surface area contributed by atoms with Crippen molar-refractivity contribution in [3.63, 3.8) is 0 Å². The minimum Gasteiger partial charge on any atom is -0.0716 e. The van der Waals surface area contributed by atoms with E-state index in [4.69, 9.17) is 0 Å². The molecule has 0 saturated heterocycles. The van der Waals surface area contributed by atoms with Gasteiger partial charge in [0.2, 0.25) is 0 Å². The zero-order valence-electron chi connectivity index (χ0n) is 17.2. The van der Waals surface area contributed by atoms with Gasteiger partial charge in [0.25, 0.3) is 0 Å². The van der Waals surface area contributed by atoms with Gasteiger partial charge in [0.05, 0.1) is 6.63 Å². The summed E-state index contributed by atoms with van der Waals surface area (Å²) < 4.78 is 0. The molecule has 0 aliphatic rings.